The second kappa shape index (κ2) is 8.15. The van der Waals surface area contributed by atoms with Gasteiger partial charge in [-0.25, -0.2) is 0 Å². The van der Waals surface area contributed by atoms with E-state index >= 15 is 0 Å². The molecule has 0 saturated carbocycles. The summed E-state index contributed by atoms with van der Waals surface area (Å²) in [6, 6.07) is 30.3. The fraction of sp³-hybridized carbons (Fsp3) is 0.136. The fourth-order valence-electron chi connectivity index (χ4n) is 3.06. The first-order valence-electron chi connectivity index (χ1n) is 8.26. The highest BCUT2D eigenvalue weighted by molar-refractivity contribution is 7.96. The van der Waals surface area contributed by atoms with E-state index in [1.54, 1.807) is 0 Å². The lowest BCUT2D eigenvalue weighted by atomic mass is 9.80. The number of thiol groups is 1. The highest BCUT2D eigenvalue weighted by Crippen LogP contribution is 2.40. The van der Waals surface area contributed by atoms with Crippen molar-refractivity contribution in [3.8, 4) is 0 Å². The second-order valence-electron chi connectivity index (χ2n) is 5.77. The van der Waals surface area contributed by atoms with Crippen molar-refractivity contribution in [1.82, 2.24) is 0 Å². The molecule has 3 aromatic carbocycles. The highest BCUT2D eigenvalue weighted by Gasteiger charge is 2.37. The van der Waals surface area contributed by atoms with Gasteiger partial charge in [0.15, 0.2) is 5.12 Å². The summed E-state index contributed by atoms with van der Waals surface area (Å²) >= 11 is 3.87. The molecule has 3 aromatic rings. The lowest BCUT2D eigenvalue weighted by molar-refractivity contribution is -0.112. The summed E-state index contributed by atoms with van der Waals surface area (Å²) < 4.78 is 6.43. The van der Waals surface area contributed by atoms with Crippen molar-refractivity contribution in [2.45, 2.75) is 12.0 Å². The topological polar surface area (TPSA) is 26.3 Å². The Bertz CT molecular complexity index is 705. The van der Waals surface area contributed by atoms with E-state index in [4.69, 9.17) is 4.74 Å². The third-order valence-corrected chi connectivity index (χ3v) is 4.40. The molecule has 0 spiro atoms. The SMILES string of the molecule is O=C(S)CCOC(c1ccccc1)(c1ccccc1)c1ccccc1. The van der Waals surface area contributed by atoms with Gasteiger partial charge in [0.05, 0.1) is 6.61 Å². The van der Waals surface area contributed by atoms with Crippen LogP contribution in [0.2, 0.25) is 0 Å². The molecule has 3 heteroatoms. The van der Waals surface area contributed by atoms with Gasteiger partial charge in [-0.15, -0.1) is 12.6 Å². The Kier molecular flexibility index (Phi) is 5.69. The van der Waals surface area contributed by atoms with Crippen LogP contribution < -0.4 is 0 Å². The maximum Gasteiger partial charge on any atom is 0.188 e. The summed E-state index contributed by atoms with van der Waals surface area (Å²) in [5.74, 6) is 0. The molecule has 0 heterocycles. The molecule has 0 saturated heterocycles. The Morgan fingerprint density at radius 3 is 1.40 bits per heavy atom. The summed E-state index contributed by atoms with van der Waals surface area (Å²) in [5.41, 5.74) is 2.31. The largest absolute Gasteiger partial charge is 0.360 e. The average molecular weight is 348 g/mol. The summed E-state index contributed by atoms with van der Waals surface area (Å²) in [5, 5.41) is -0.178. The summed E-state index contributed by atoms with van der Waals surface area (Å²) in [6.07, 6.45) is 0.261. The molecule has 126 valence electrons. The van der Waals surface area contributed by atoms with E-state index in [0.29, 0.717) is 6.61 Å². The third-order valence-electron chi connectivity index (χ3n) is 4.18. The zero-order valence-corrected chi connectivity index (χ0v) is 14.7. The summed E-state index contributed by atoms with van der Waals surface area (Å²) in [6.45, 7) is 0.293. The molecule has 0 aliphatic carbocycles. The van der Waals surface area contributed by atoms with E-state index in [2.05, 4.69) is 49.0 Å². The first-order valence-corrected chi connectivity index (χ1v) is 8.70. The molecule has 2 nitrogen and oxygen atoms in total. The van der Waals surface area contributed by atoms with Crippen LogP contribution in [0.15, 0.2) is 91.0 Å². The first-order chi connectivity index (χ1) is 12.2. The van der Waals surface area contributed by atoms with Crippen molar-refractivity contribution in [3.63, 3.8) is 0 Å². The van der Waals surface area contributed by atoms with E-state index < -0.39 is 5.60 Å². The van der Waals surface area contributed by atoms with Gasteiger partial charge in [-0.05, 0) is 16.7 Å². The standard InChI is InChI=1S/C22H20O2S/c23-21(25)16-17-24-22(18-10-4-1-5-11-18,19-12-6-2-7-13-19)20-14-8-3-9-15-20/h1-15H,16-17H2,(H,23,25). The first kappa shape index (κ1) is 17.5. The zero-order chi connectivity index (χ0) is 17.5. The van der Waals surface area contributed by atoms with E-state index in [9.17, 15) is 4.79 Å². The Balaban J connectivity index is 2.18. The van der Waals surface area contributed by atoms with Gasteiger partial charge in [-0.3, -0.25) is 4.79 Å². The number of benzene rings is 3. The molecule has 0 fully saturated rings. The van der Waals surface area contributed by atoms with Crippen LogP contribution in [-0.2, 0) is 15.1 Å². The monoisotopic (exact) mass is 348 g/mol. The van der Waals surface area contributed by atoms with Gasteiger partial charge in [0.2, 0.25) is 0 Å². The van der Waals surface area contributed by atoms with Crippen LogP contribution in [0.3, 0.4) is 0 Å². The molecule has 0 atom stereocenters. The molecule has 0 aliphatic rings. The van der Waals surface area contributed by atoms with Crippen molar-refractivity contribution in [2.24, 2.45) is 0 Å². The summed E-state index contributed by atoms with van der Waals surface area (Å²) in [7, 11) is 0. The lowest BCUT2D eigenvalue weighted by Gasteiger charge is -2.35. The van der Waals surface area contributed by atoms with Crippen molar-refractivity contribution < 1.29 is 9.53 Å². The van der Waals surface area contributed by atoms with Gasteiger partial charge in [-0.2, -0.15) is 0 Å². The van der Waals surface area contributed by atoms with E-state index in [1.807, 2.05) is 54.6 Å². The van der Waals surface area contributed by atoms with Crippen LogP contribution in [0.25, 0.3) is 0 Å². The van der Waals surface area contributed by atoms with Crippen LogP contribution in [-0.4, -0.2) is 11.7 Å². The van der Waals surface area contributed by atoms with Crippen molar-refractivity contribution >= 4 is 17.7 Å². The predicted octanol–water partition coefficient (Wildman–Crippen LogP) is 4.84. The van der Waals surface area contributed by atoms with Crippen LogP contribution in [0.4, 0.5) is 0 Å². The Morgan fingerprint density at radius 2 is 1.08 bits per heavy atom. The molecule has 0 radical (unpaired) electrons. The third kappa shape index (κ3) is 3.84. The van der Waals surface area contributed by atoms with E-state index in [-0.39, 0.29) is 11.5 Å². The maximum absolute atomic E-state index is 11.3. The van der Waals surface area contributed by atoms with Crippen LogP contribution >= 0.6 is 12.6 Å². The van der Waals surface area contributed by atoms with Crippen molar-refractivity contribution in [1.29, 1.82) is 0 Å². The number of hydrogen-bond donors (Lipinski definition) is 1. The van der Waals surface area contributed by atoms with Gasteiger partial charge in [0.25, 0.3) is 0 Å². The molecule has 0 aliphatic heterocycles. The van der Waals surface area contributed by atoms with Gasteiger partial charge >= 0.3 is 0 Å². The Hall–Kier alpha value is -2.36. The normalized spacial score (nSPS) is 11.2. The predicted molar refractivity (Wildman–Crippen MR) is 104 cm³/mol. The number of ether oxygens (including phenoxy) is 1. The minimum Gasteiger partial charge on any atom is -0.360 e. The van der Waals surface area contributed by atoms with E-state index in [0.717, 1.165) is 16.7 Å². The molecule has 0 N–H and O–H groups in total. The number of carbonyl (C=O) groups is 1. The minimum absolute atomic E-state index is 0.178. The van der Waals surface area contributed by atoms with Gasteiger partial charge in [-0.1, -0.05) is 91.0 Å². The highest BCUT2D eigenvalue weighted by atomic mass is 32.1. The zero-order valence-electron chi connectivity index (χ0n) is 13.8. The number of hydrogen-bond acceptors (Lipinski definition) is 2. The fourth-order valence-corrected chi connectivity index (χ4v) is 3.15. The molecule has 0 unspecified atom stereocenters. The molecule has 0 amide bonds. The maximum atomic E-state index is 11.3. The molecule has 3 rings (SSSR count). The number of rotatable bonds is 7. The lowest BCUT2D eigenvalue weighted by Crippen LogP contribution is -2.33. The molecular formula is C22H20O2S. The van der Waals surface area contributed by atoms with Crippen molar-refractivity contribution in [3.05, 3.63) is 108 Å². The van der Waals surface area contributed by atoms with Crippen LogP contribution in [0.5, 0.6) is 0 Å². The Labute approximate surface area is 153 Å². The molecule has 0 aromatic heterocycles. The van der Waals surface area contributed by atoms with Crippen LogP contribution in [0.1, 0.15) is 23.1 Å². The minimum atomic E-state index is -0.771. The second-order valence-corrected chi connectivity index (χ2v) is 6.27. The molecular weight excluding hydrogens is 328 g/mol. The summed E-state index contributed by atoms with van der Waals surface area (Å²) in [4.78, 5) is 11.3. The van der Waals surface area contributed by atoms with Crippen LogP contribution in [0, 0.1) is 0 Å². The average Bonchev–Trinajstić information content (AvgIpc) is 2.67. The van der Waals surface area contributed by atoms with Gasteiger partial charge < -0.3 is 4.74 Å². The number of carbonyl (C=O) groups excluding carboxylic acids is 1. The molecule has 0 bridgehead atoms. The smallest absolute Gasteiger partial charge is 0.188 e. The van der Waals surface area contributed by atoms with Crippen molar-refractivity contribution in [2.75, 3.05) is 6.61 Å². The van der Waals surface area contributed by atoms with E-state index in [1.165, 1.54) is 0 Å². The Morgan fingerprint density at radius 1 is 0.720 bits per heavy atom. The van der Waals surface area contributed by atoms with Gasteiger partial charge in [0.1, 0.15) is 5.60 Å². The quantitative estimate of drug-likeness (QED) is 0.488. The van der Waals surface area contributed by atoms with Gasteiger partial charge in [0, 0.05) is 6.42 Å². The molecule has 25 heavy (non-hydrogen) atoms.